The van der Waals surface area contributed by atoms with Crippen molar-refractivity contribution in [3.63, 3.8) is 0 Å². The van der Waals surface area contributed by atoms with E-state index in [1.165, 1.54) is 5.69 Å². The van der Waals surface area contributed by atoms with Crippen LogP contribution in [0.5, 0.6) is 0 Å². The average Bonchev–Trinajstić information content (AvgIpc) is 3.51. The number of aryl methyl sites for hydroxylation is 2. The van der Waals surface area contributed by atoms with E-state index in [-0.39, 0.29) is 5.91 Å². The van der Waals surface area contributed by atoms with Gasteiger partial charge in [-0.1, -0.05) is 26.6 Å². The van der Waals surface area contributed by atoms with Gasteiger partial charge in [0.05, 0.1) is 23.3 Å². The highest BCUT2D eigenvalue weighted by atomic mass is 28.3. The molecule has 11 heteroatoms. The van der Waals surface area contributed by atoms with Crippen LogP contribution in [0.2, 0.25) is 25.7 Å². The molecular weight excluding hydrogens is 593 g/mol. The van der Waals surface area contributed by atoms with Gasteiger partial charge in [-0.2, -0.15) is 10.1 Å². The number of ether oxygens (including phenoxy) is 1. The molecule has 6 rings (SSSR count). The van der Waals surface area contributed by atoms with Crippen molar-refractivity contribution in [3.05, 3.63) is 53.5 Å². The van der Waals surface area contributed by atoms with Gasteiger partial charge in [0.25, 0.3) is 5.91 Å². The molecule has 10 nitrogen and oxygen atoms in total. The Morgan fingerprint density at radius 3 is 2.57 bits per heavy atom. The third-order valence-electron chi connectivity index (χ3n) is 9.45. The number of anilines is 3. The Balaban J connectivity index is 1.42. The average molecular weight is 643 g/mol. The first kappa shape index (κ1) is 32.4. The van der Waals surface area contributed by atoms with Crippen LogP contribution in [0.4, 0.5) is 17.1 Å². The van der Waals surface area contributed by atoms with E-state index in [1.54, 1.807) is 0 Å². The fraction of sp³-hybridized carbons (Fsp3) is 0.543. The molecule has 1 fully saturated rings. The maximum Gasteiger partial charge on any atom is 0.280 e. The predicted molar refractivity (Wildman–Crippen MR) is 190 cm³/mol. The van der Waals surface area contributed by atoms with Gasteiger partial charge in [-0.15, -0.1) is 0 Å². The van der Waals surface area contributed by atoms with E-state index in [0.717, 1.165) is 92.1 Å². The monoisotopic (exact) mass is 642 g/mol. The molecule has 3 aromatic rings. The van der Waals surface area contributed by atoms with Gasteiger partial charge in [0, 0.05) is 82.7 Å². The van der Waals surface area contributed by atoms with E-state index in [1.807, 2.05) is 37.0 Å². The zero-order valence-electron chi connectivity index (χ0n) is 28.7. The Morgan fingerprint density at radius 2 is 1.80 bits per heavy atom. The molecule has 3 aliphatic rings. The summed E-state index contributed by atoms with van der Waals surface area (Å²) in [5.74, 6) is 0.734. The number of guanidine groups is 1. The number of pyridine rings is 1. The number of aromatic nitrogens is 3. The molecule has 2 aromatic heterocycles. The van der Waals surface area contributed by atoms with E-state index in [0.29, 0.717) is 30.8 Å². The summed E-state index contributed by atoms with van der Waals surface area (Å²) in [5.41, 5.74) is 7.57. The summed E-state index contributed by atoms with van der Waals surface area (Å²) in [6, 6.07) is 11.5. The van der Waals surface area contributed by atoms with Gasteiger partial charge in [0.15, 0.2) is 0 Å². The maximum absolute atomic E-state index is 14.1. The zero-order chi connectivity index (χ0) is 32.6. The summed E-state index contributed by atoms with van der Waals surface area (Å²) in [6.07, 6.45) is 4.84. The van der Waals surface area contributed by atoms with Crippen LogP contribution in [-0.4, -0.2) is 92.7 Å². The summed E-state index contributed by atoms with van der Waals surface area (Å²) >= 11 is 0. The molecule has 1 amide bonds. The maximum atomic E-state index is 14.1. The van der Waals surface area contributed by atoms with Gasteiger partial charge >= 0.3 is 0 Å². The highest BCUT2D eigenvalue weighted by Gasteiger charge is 2.36. The normalized spacial score (nSPS) is 19.5. The van der Waals surface area contributed by atoms with Crippen LogP contribution in [-0.2, 0) is 18.2 Å². The Morgan fingerprint density at radius 1 is 1.02 bits per heavy atom. The number of hydrogen-bond acceptors (Lipinski definition) is 8. The highest BCUT2D eigenvalue weighted by Crippen LogP contribution is 2.41. The minimum Gasteiger partial charge on any atom is -0.369 e. The number of carbonyl (C=O) groups is 1. The smallest absolute Gasteiger partial charge is 0.280 e. The SMILES string of the molecule is Cc1cc2cc(n1)-c1cnn(C)c1CCC[C@@H](C)CN1C(=NC2=O)N(COCC[Si](C)(C)C)c2ccc(N3CCN(C)CC3)cc21. The fourth-order valence-electron chi connectivity index (χ4n) is 6.62. The van der Waals surface area contributed by atoms with E-state index in [4.69, 9.17) is 14.7 Å². The molecule has 3 aliphatic heterocycles. The van der Waals surface area contributed by atoms with Crippen molar-refractivity contribution >= 4 is 37.0 Å². The van der Waals surface area contributed by atoms with Gasteiger partial charge < -0.3 is 19.4 Å². The van der Waals surface area contributed by atoms with Gasteiger partial charge in [0.2, 0.25) is 5.96 Å². The molecule has 0 spiro atoms. The number of likely N-dealkylation sites (N-methyl/N-ethyl adjacent to an activating group) is 1. The van der Waals surface area contributed by atoms with Gasteiger partial charge in [0.1, 0.15) is 6.73 Å². The first-order valence-corrected chi connectivity index (χ1v) is 20.5. The number of aliphatic imine (C=N–C) groups is 1. The van der Waals surface area contributed by atoms with Gasteiger partial charge in [-0.3, -0.25) is 19.4 Å². The summed E-state index contributed by atoms with van der Waals surface area (Å²) < 4.78 is 8.29. The lowest BCUT2D eigenvalue weighted by atomic mass is 9.99. The van der Waals surface area contributed by atoms with E-state index >= 15 is 0 Å². The van der Waals surface area contributed by atoms with Crippen molar-refractivity contribution < 1.29 is 9.53 Å². The summed E-state index contributed by atoms with van der Waals surface area (Å²) in [7, 11) is 2.91. The Labute approximate surface area is 275 Å². The molecule has 1 aromatic carbocycles. The van der Waals surface area contributed by atoms with Crippen molar-refractivity contribution in [1.29, 1.82) is 0 Å². The second-order valence-corrected chi connectivity index (χ2v) is 20.2. The third kappa shape index (κ3) is 7.06. The highest BCUT2D eigenvalue weighted by molar-refractivity contribution is 6.76. The fourth-order valence-corrected chi connectivity index (χ4v) is 7.38. The Hall–Kier alpha value is -3.54. The number of piperazine rings is 1. The number of carbonyl (C=O) groups excluding carboxylic acids is 1. The second-order valence-electron chi connectivity index (χ2n) is 14.6. The molecule has 0 radical (unpaired) electrons. The lowest BCUT2D eigenvalue weighted by Crippen LogP contribution is -2.44. The number of nitrogens with zero attached hydrogens (tertiary/aromatic N) is 8. The molecular formula is C35H50N8O2Si. The van der Waals surface area contributed by atoms with Gasteiger partial charge in [-0.05, 0) is 75.5 Å². The van der Waals surface area contributed by atoms with E-state index in [9.17, 15) is 4.79 Å². The summed E-state index contributed by atoms with van der Waals surface area (Å²) in [6.45, 7) is 17.2. The molecule has 246 valence electrons. The molecule has 0 saturated carbocycles. The molecule has 0 N–H and O–H groups in total. The van der Waals surface area contributed by atoms with Crippen LogP contribution >= 0.6 is 0 Å². The lowest BCUT2D eigenvalue weighted by molar-refractivity contribution is 0.100. The molecule has 5 heterocycles. The summed E-state index contributed by atoms with van der Waals surface area (Å²) in [5, 5.41) is 4.56. The van der Waals surface area contributed by atoms with Crippen molar-refractivity contribution in [1.82, 2.24) is 19.7 Å². The largest absolute Gasteiger partial charge is 0.369 e. The topological polar surface area (TPSA) is 82.3 Å². The van der Waals surface area contributed by atoms with Crippen molar-refractivity contribution in [2.24, 2.45) is 18.0 Å². The number of benzene rings is 1. The molecule has 0 aliphatic carbocycles. The number of rotatable bonds is 6. The summed E-state index contributed by atoms with van der Waals surface area (Å²) in [4.78, 5) is 33.1. The van der Waals surface area contributed by atoms with Crippen LogP contribution in [0.15, 0.2) is 41.5 Å². The standard InChI is InChI=1S/C35H50N8O2Si/c1-25-9-8-10-31-29(22-36-40(31)4)30-20-27(19-26(2)37-30)34(44)38-35-42(23-25)33-21-28(41-15-13-39(3)14-16-41)11-12-32(33)43(35)24-45-17-18-46(5,6)7/h11-12,19-22,25H,8-10,13-18,23-24H2,1-7H3/t25-/m1/s1. The van der Waals surface area contributed by atoms with Crippen LogP contribution in [0.3, 0.4) is 0 Å². The van der Waals surface area contributed by atoms with E-state index in [2.05, 4.69) is 76.5 Å². The number of hydrogen-bond donors (Lipinski definition) is 0. The molecule has 46 heavy (non-hydrogen) atoms. The Bertz CT molecular complexity index is 1600. The number of amides is 1. The van der Waals surface area contributed by atoms with Crippen molar-refractivity contribution in [2.75, 3.05) is 67.8 Å². The van der Waals surface area contributed by atoms with Crippen molar-refractivity contribution in [3.8, 4) is 11.3 Å². The van der Waals surface area contributed by atoms with Crippen LogP contribution in [0, 0.1) is 12.8 Å². The molecule has 2 bridgehead atoms. The van der Waals surface area contributed by atoms with Gasteiger partial charge in [-0.25, -0.2) is 0 Å². The minimum absolute atomic E-state index is 0.277. The molecule has 1 atom stereocenters. The quantitative estimate of drug-likeness (QED) is 0.252. The van der Waals surface area contributed by atoms with Crippen LogP contribution in [0.1, 0.15) is 41.5 Å². The minimum atomic E-state index is -1.26. The Kier molecular flexibility index (Phi) is 9.36. The third-order valence-corrected chi connectivity index (χ3v) is 11.2. The number of fused-ring (bicyclic) bond motifs is 7. The van der Waals surface area contributed by atoms with E-state index < -0.39 is 8.07 Å². The van der Waals surface area contributed by atoms with Crippen LogP contribution < -0.4 is 14.7 Å². The zero-order valence-corrected chi connectivity index (χ0v) is 29.7. The first-order valence-electron chi connectivity index (χ1n) is 16.8. The molecule has 1 saturated heterocycles. The first-order chi connectivity index (χ1) is 22.0. The van der Waals surface area contributed by atoms with Crippen LogP contribution in [0.25, 0.3) is 11.3 Å². The lowest BCUT2D eigenvalue weighted by Gasteiger charge is -2.34. The van der Waals surface area contributed by atoms with Crippen molar-refractivity contribution in [2.45, 2.75) is 58.8 Å². The predicted octanol–water partition coefficient (Wildman–Crippen LogP) is 5.65. The second kappa shape index (κ2) is 13.3. The molecule has 0 unspecified atom stereocenters.